The molecule has 0 aliphatic carbocycles. The van der Waals surface area contributed by atoms with Crippen molar-refractivity contribution in [2.45, 2.75) is 25.6 Å². The summed E-state index contributed by atoms with van der Waals surface area (Å²) < 4.78 is 13.6. The van der Waals surface area contributed by atoms with Gasteiger partial charge in [0.1, 0.15) is 11.9 Å². The number of halogens is 1. The second-order valence-electron chi connectivity index (χ2n) is 3.84. The fraction of sp³-hybridized carbons (Fsp3) is 0.364. The van der Waals surface area contributed by atoms with Crippen molar-refractivity contribution in [2.75, 3.05) is 0 Å². The molecule has 0 radical (unpaired) electrons. The lowest BCUT2D eigenvalue weighted by atomic mass is 9.91. The number of carbonyl (C=O) groups is 1. The fourth-order valence-corrected chi connectivity index (χ4v) is 2.02. The van der Waals surface area contributed by atoms with Crippen LogP contribution in [-0.2, 0) is 24.3 Å². The Labute approximate surface area is 92.3 Å². The molecule has 86 valence electrons. The molecule has 1 aromatic carbocycles. The standard InChI is InChI=1S/C11H13FN2O2/c12-9-2-1-6(4-13)8-5-14-10(11(15)16)3-7(8)9/h1-2,10,14H,3-5,13H2,(H,15,16). The fourth-order valence-electron chi connectivity index (χ4n) is 2.02. The maximum absolute atomic E-state index is 13.6. The minimum atomic E-state index is -0.955. The van der Waals surface area contributed by atoms with Gasteiger partial charge >= 0.3 is 5.97 Å². The molecule has 0 bridgehead atoms. The van der Waals surface area contributed by atoms with Crippen LogP contribution < -0.4 is 11.1 Å². The lowest BCUT2D eigenvalue weighted by molar-refractivity contribution is -0.139. The van der Waals surface area contributed by atoms with Crippen molar-refractivity contribution in [2.24, 2.45) is 5.73 Å². The Hall–Kier alpha value is -1.46. The molecule has 0 saturated heterocycles. The van der Waals surface area contributed by atoms with Crippen LogP contribution in [0, 0.1) is 5.82 Å². The van der Waals surface area contributed by atoms with Gasteiger partial charge in [-0.15, -0.1) is 0 Å². The molecule has 1 aromatic rings. The molecular weight excluding hydrogens is 211 g/mol. The highest BCUT2D eigenvalue weighted by Gasteiger charge is 2.26. The van der Waals surface area contributed by atoms with Gasteiger partial charge in [-0.25, -0.2) is 4.39 Å². The second kappa shape index (κ2) is 4.19. The topological polar surface area (TPSA) is 75.3 Å². The first-order valence-corrected chi connectivity index (χ1v) is 5.09. The number of carboxylic acids is 1. The first kappa shape index (κ1) is 11.0. The monoisotopic (exact) mass is 224 g/mol. The summed E-state index contributed by atoms with van der Waals surface area (Å²) >= 11 is 0. The maximum atomic E-state index is 13.6. The number of nitrogens with one attached hydrogen (secondary N) is 1. The number of aliphatic carboxylic acids is 1. The molecule has 0 saturated carbocycles. The lowest BCUT2D eigenvalue weighted by Crippen LogP contribution is -2.42. The third kappa shape index (κ3) is 1.79. The molecule has 4 N–H and O–H groups in total. The molecule has 1 unspecified atom stereocenters. The Kier molecular flexibility index (Phi) is 2.89. The van der Waals surface area contributed by atoms with E-state index in [9.17, 15) is 9.18 Å². The van der Waals surface area contributed by atoms with Gasteiger partial charge in [0, 0.05) is 19.5 Å². The molecule has 1 aliphatic heterocycles. The minimum absolute atomic E-state index is 0.171. The Morgan fingerprint density at radius 3 is 2.94 bits per heavy atom. The van der Waals surface area contributed by atoms with Crippen LogP contribution >= 0.6 is 0 Å². The Balaban J connectivity index is 2.41. The largest absolute Gasteiger partial charge is 0.480 e. The van der Waals surface area contributed by atoms with Crippen LogP contribution in [-0.4, -0.2) is 17.1 Å². The molecule has 0 amide bonds. The summed E-state index contributed by atoms with van der Waals surface area (Å²) in [7, 11) is 0. The van der Waals surface area contributed by atoms with E-state index in [1.54, 1.807) is 6.07 Å². The summed E-state index contributed by atoms with van der Waals surface area (Å²) in [5.74, 6) is -1.30. The van der Waals surface area contributed by atoms with Crippen molar-refractivity contribution in [1.82, 2.24) is 5.32 Å². The highest BCUT2D eigenvalue weighted by molar-refractivity contribution is 5.74. The molecular formula is C11H13FN2O2. The van der Waals surface area contributed by atoms with Crippen molar-refractivity contribution >= 4 is 5.97 Å². The van der Waals surface area contributed by atoms with Crippen LogP contribution in [0.5, 0.6) is 0 Å². The average Bonchev–Trinajstić information content (AvgIpc) is 2.29. The van der Waals surface area contributed by atoms with E-state index in [2.05, 4.69) is 5.32 Å². The maximum Gasteiger partial charge on any atom is 0.321 e. The molecule has 1 heterocycles. The number of hydrogen-bond acceptors (Lipinski definition) is 3. The van der Waals surface area contributed by atoms with E-state index >= 15 is 0 Å². The molecule has 16 heavy (non-hydrogen) atoms. The molecule has 0 aromatic heterocycles. The summed E-state index contributed by atoms with van der Waals surface area (Å²) in [5.41, 5.74) is 7.71. The first-order valence-electron chi connectivity index (χ1n) is 5.09. The number of fused-ring (bicyclic) bond motifs is 1. The molecule has 5 heteroatoms. The van der Waals surface area contributed by atoms with Crippen molar-refractivity contribution in [3.05, 3.63) is 34.6 Å². The second-order valence-corrected chi connectivity index (χ2v) is 3.84. The highest BCUT2D eigenvalue weighted by atomic mass is 19.1. The first-order chi connectivity index (χ1) is 7.63. The predicted octanol–water partition coefficient (Wildman–Crippen LogP) is 0.383. The van der Waals surface area contributed by atoms with Crippen molar-refractivity contribution in [3.63, 3.8) is 0 Å². The van der Waals surface area contributed by atoms with E-state index in [0.29, 0.717) is 18.7 Å². The van der Waals surface area contributed by atoms with Gasteiger partial charge in [-0.05, 0) is 22.8 Å². The Morgan fingerprint density at radius 2 is 2.31 bits per heavy atom. The number of hydrogen-bond donors (Lipinski definition) is 3. The SMILES string of the molecule is NCc1ccc(F)c2c1CNC(C(=O)O)C2. The van der Waals surface area contributed by atoms with Crippen molar-refractivity contribution < 1.29 is 14.3 Å². The van der Waals surface area contributed by atoms with E-state index in [1.807, 2.05) is 0 Å². The zero-order chi connectivity index (χ0) is 11.7. The summed E-state index contributed by atoms with van der Waals surface area (Å²) in [6.45, 7) is 0.693. The van der Waals surface area contributed by atoms with Gasteiger partial charge in [0.2, 0.25) is 0 Å². The molecule has 0 spiro atoms. The molecule has 2 rings (SSSR count). The van der Waals surface area contributed by atoms with Gasteiger partial charge in [-0.1, -0.05) is 6.07 Å². The number of carboxylic acid groups (broad SMARTS) is 1. The van der Waals surface area contributed by atoms with Gasteiger partial charge in [-0.3, -0.25) is 10.1 Å². The summed E-state index contributed by atoms with van der Waals surface area (Å²) in [6.07, 6.45) is 0.171. The Morgan fingerprint density at radius 1 is 1.56 bits per heavy atom. The van der Waals surface area contributed by atoms with Gasteiger partial charge in [0.15, 0.2) is 0 Å². The van der Waals surface area contributed by atoms with Crippen molar-refractivity contribution in [3.8, 4) is 0 Å². The number of nitrogens with two attached hydrogens (primary N) is 1. The zero-order valence-electron chi connectivity index (χ0n) is 8.66. The zero-order valence-corrected chi connectivity index (χ0v) is 8.66. The van der Waals surface area contributed by atoms with Crippen LogP contribution in [0.15, 0.2) is 12.1 Å². The van der Waals surface area contributed by atoms with E-state index in [1.165, 1.54) is 6.07 Å². The van der Waals surface area contributed by atoms with Crippen LogP contribution in [0.3, 0.4) is 0 Å². The number of benzene rings is 1. The van der Waals surface area contributed by atoms with Gasteiger partial charge in [0.25, 0.3) is 0 Å². The van der Waals surface area contributed by atoms with Crippen LogP contribution in [0.1, 0.15) is 16.7 Å². The lowest BCUT2D eigenvalue weighted by Gasteiger charge is -2.25. The van der Waals surface area contributed by atoms with E-state index < -0.39 is 12.0 Å². The summed E-state index contributed by atoms with van der Waals surface area (Å²) in [5, 5.41) is 11.7. The molecule has 1 aliphatic rings. The van der Waals surface area contributed by atoms with Gasteiger partial charge < -0.3 is 10.8 Å². The van der Waals surface area contributed by atoms with Crippen molar-refractivity contribution in [1.29, 1.82) is 0 Å². The van der Waals surface area contributed by atoms with E-state index in [4.69, 9.17) is 10.8 Å². The number of rotatable bonds is 2. The van der Waals surface area contributed by atoms with Crippen LogP contribution in [0.4, 0.5) is 4.39 Å². The van der Waals surface area contributed by atoms with E-state index in [0.717, 1.165) is 11.1 Å². The smallest absolute Gasteiger partial charge is 0.321 e. The van der Waals surface area contributed by atoms with Crippen LogP contribution in [0.2, 0.25) is 0 Å². The normalized spacial score (nSPS) is 19.2. The Bertz CT molecular complexity index is 434. The molecule has 1 atom stereocenters. The molecule has 4 nitrogen and oxygen atoms in total. The highest BCUT2D eigenvalue weighted by Crippen LogP contribution is 2.23. The average molecular weight is 224 g/mol. The van der Waals surface area contributed by atoms with E-state index in [-0.39, 0.29) is 12.2 Å². The van der Waals surface area contributed by atoms with Gasteiger partial charge in [-0.2, -0.15) is 0 Å². The summed E-state index contributed by atoms with van der Waals surface area (Å²) in [4.78, 5) is 10.8. The molecule has 0 fully saturated rings. The third-order valence-electron chi connectivity index (χ3n) is 2.92. The quantitative estimate of drug-likeness (QED) is 0.679. The van der Waals surface area contributed by atoms with Crippen LogP contribution in [0.25, 0.3) is 0 Å². The predicted molar refractivity (Wildman–Crippen MR) is 56.3 cm³/mol. The minimum Gasteiger partial charge on any atom is -0.480 e. The summed E-state index contributed by atoms with van der Waals surface area (Å²) in [6, 6.07) is 2.29. The van der Waals surface area contributed by atoms with Gasteiger partial charge in [0.05, 0.1) is 0 Å². The third-order valence-corrected chi connectivity index (χ3v) is 2.92.